The van der Waals surface area contributed by atoms with Crippen LogP contribution in [0.2, 0.25) is 0 Å². The number of methoxy groups -OCH3 is 1. The van der Waals surface area contributed by atoms with Crippen LogP contribution in [0.25, 0.3) is 0 Å². The van der Waals surface area contributed by atoms with Gasteiger partial charge in [0.1, 0.15) is 12.3 Å². The van der Waals surface area contributed by atoms with Gasteiger partial charge in [0.2, 0.25) is 17.4 Å². The van der Waals surface area contributed by atoms with Crippen LogP contribution in [0.1, 0.15) is 11.1 Å². The summed E-state index contributed by atoms with van der Waals surface area (Å²) in [7, 11) is 1.41. The molecule has 1 fully saturated rings. The Hall–Kier alpha value is -4.09. The first-order valence-corrected chi connectivity index (χ1v) is 9.97. The summed E-state index contributed by atoms with van der Waals surface area (Å²) in [5, 5.41) is 6.40. The number of nitrogens with zero attached hydrogens (tertiary/aromatic N) is 1. The minimum absolute atomic E-state index is 0.164. The highest BCUT2D eigenvalue weighted by Crippen LogP contribution is 2.43. The second-order valence-electron chi connectivity index (χ2n) is 7.46. The number of amides is 5. The number of alkyl halides is 3. The molecule has 1 aliphatic heterocycles. The van der Waals surface area contributed by atoms with Crippen molar-refractivity contribution in [3.05, 3.63) is 59.7 Å². The van der Waals surface area contributed by atoms with E-state index in [9.17, 15) is 32.3 Å². The molecule has 180 valence electrons. The number of hydrogen-bond donors (Lipinski definition) is 3. The van der Waals surface area contributed by atoms with Crippen LogP contribution in [0.3, 0.4) is 0 Å². The fourth-order valence-corrected chi connectivity index (χ4v) is 3.45. The minimum Gasteiger partial charge on any atom is -0.495 e. The van der Waals surface area contributed by atoms with Crippen LogP contribution in [0, 0.1) is 6.92 Å². The zero-order chi connectivity index (χ0) is 25.1. The molecule has 1 saturated heterocycles. The minimum atomic E-state index is -5.17. The van der Waals surface area contributed by atoms with Gasteiger partial charge in [-0.05, 0) is 30.2 Å². The average molecular weight is 478 g/mol. The normalized spacial score (nSPS) is 17.9. The van der Waals surface area contributed by atoms with E-state index in [0.717, 1.165) is 17.7 Å². The zero-order valence-corrected chi connectivity index (χ0v) is 18.2. The highest BCUT2D eigenvalue weighted by atomic mass is 19.4. The number of urea groups is 1. The van der Waals surface area contributed by atoms with Crippen molar-refractivity contribution in [2.75, 3.05) is 25.5 Å². The van der Waals surface area contributed by atoms with Crippen LogP contribution in [0.15, 0.2) is 48.5 Å². The summed E-state index contributed by atoms with van der Waals surface area (Å²) in [5.74, 6) is -2.90. The molecule has 0 aliphatic carbocycles. The lowest BCUT2D eigenvalue weighted by Crippen LogP contribution is -2.56. The summed E-state index contributed by atoms with van der Waals surface area (Å²) in [6.45, 7) is 0.241. The van der Waals surface area contributed by atoms with E-state index in [1.54, 1.807) is 30.4 Å². The molecule has 3 rings (SSSR count). The molecule has 0 aromatic heterocycles. The lowest BCUT2D eigenvalue weighted by atomic mass is 9.89. The van der Waals surface area contributed by atoms with Gasteiger partial charge in [-0.2, -0.15) is 13.2 Å². The Labute approximate surface area is 192 Å². The Balaban J connectivity index is 1.67. The van der Waals surface area contributed by atoms with Crippen molar-refractivity contribution in [2.45, 2.75) is 18.6 Å². The summed E-state index contributed by atoms with van der Waals surface area (Å²) in [4.78, 5) is 49.6. The number of ether oxygens (including phenoxy) is 1. The van der Waals surface area contributed by atoms with Gasteiger partial charge in [-0.15, -0.1) is 0 Å². The molecule has 0 spiro atoms. The van der Waals surface area contributed by atoms with Crippen LogP contribution in [0.4, 0.5) is 23.7 Å². The molecule has 1 unspecified atom stereocenters. The summed E-state index contributed by atoms with van der Waals surface area (Å²) >= 11 is 0. The SMILES string of the molecule is COc1ccc(C)cc1NC(=O)CNC(=O)CN1C(=O)NC(c2ccccc2)(C(F)(F)F)C1=O. The maximum atomic E-state index is 14.0. The molecule has 12 heteroatoms. The maximum absolute atomic E-state index is 14.0. The standard InChI is InChI=1S/C22H21F3N4O5/c1-13-8-9-16(34-2)15(10-13)27-17(30)11-26-18(31)12-29-19(32)21(22(23,24)25,28-20(29)33)14-6-4-3-5-7-14/h3-10H,11-12H2,1-2H3,(H,26,31)(H,27,30)(H,28,33). The predicted octanol–water partition coefficient (Wildman–Crippen LogP) is 2.07. The van der Waals surface area contributed by atoms with Crippen LogP contribution >= 0.6 is 0 Å². The first-order chi connectivity index (χ1) is 16.0. The number of carbonyl (C=O) groups excluding carboxylic acids is 4. The molecule has 1 aliphatic rings. The van der Waals surface area contributed by atoms with E-state index in [-0.39, 0.29) is 4.90 Å². The van der Waals surface area contributed by atoms with Gasteiger partial charge in [0.05, 0.1) is 19.3 Å². The number of carbonyl (C=O) groups is 4. The molecule has 0 radical (unpaired) electrons. The zero-order valence-electron chi connectivity index (χ0n) is 18.2. The highest BCUT2D eigenvalue weighted by Gasteiger charge is 2.68. The number of rotatable bonds is 7. The Morgan fingerprint density at radius 3 is 2.38 bits per heavy atom. The lowest BCUT2D eigenvalue weighted by Gasteiger charge is -2.29. The molecular formula is C22H21F3N4O5. The quantitative estimate of drug-likeness (QED) is 0.527. The monoisotopic (exact) mass is 478 g/mol. The van der Waals surface area contributed by atoms with Crippen LogP contribution in [0.5, 0.6) is 5.75 Å². The number of imide groups is 1. The van der Waals surface area contributed by atoms with Gasteiger partial charge in [-0.3, -0.25) is 19.3 Å². The van der Waals surface area contributed by atoms with Crippen molar-refractivity contribution in [1.82, 2.24) is 15.5 Å². The molecule has 5 amide bonds. The van der Waals surface area contributed by atoms with E-state index >= 15 is 0 Å². The maximum Gasteiger partial charge on any atom is 0.425 e. The molecule has 34 heavy (non-hydrogen) atoms. The fraction of sp³-hybridized carbons (Fsp3) is 0.273. The average Bonchev–Trinajstić information content (AvgIpc) is 3.04. The Morgan fingerprint density at radius 1 is 1.09 bits per heavy atom. The Bertz CT molecular complexity index is 1120. The second-order valence-corrected chi connectivity index (χ2v) is 7.46. The molecule has 9 nitrogen and oxygen atoms in total. The summed E-state index contributed by atoms with van der Waals surface area (Å²) in [6.07, 6.45) is -5.17. The number of benzene rings is 2. The molecule has 0 saturated carbocycles. The van der Waals surface area contributed by atoms with Gasteiger partial charge in [0, 0.05) is 0 Å². The fourth-order valence-electron chi connectivity index (χ4n) is 3.45. The molecule has 2 aromatic carbocycles. The van der Waals surface area contributed by atoms with E-state index in [1.165, 1.54) is 25.3 Å². The number of anilines is 1. The van der Waals surface area contributed by atoms with Gasteiger partial charge in [-0.25, -0.2) is 4.79 Å². The molecule has 2 aromatic rings. The van der Waals surface area contributed by atoms with Gasteiger partial charge >= 0.3 is 12.2 Å². The number of aryl methyl sites for hydroxylation is 1. The smallest absolute Gasteiger partial charge is 0.425 e. The number of hydrogen-bond acceptors (Lipinski definition) is 5. The number of nitrogens with one attached hydrogen (secondary N) is 3. The van der Waals surface area contributed by atoms with Gasteiger partial charge in [0.15, 0.2) is 0 Å². The second kappa shape index (κ2) is 9.41. The highest BCUT2D eigenvalue weighted by molar-refractivity contribution is 6.10. The van der Waals surface area contributed by atoms with E-state index in [0.29, 0.717) is 11.4 Å². The number of halogens is 3. The molecule has 3 N–H and O–H groups in total. The van der Waals surface area contributed by atoms with Crippen LogP contribution in [-0.4, -0.2) is 55.0 Å². The Kier molecular flexibility index (Phi) is 6.80. The van der Waals surface area contributed by atoms with E-state index in [1.807, 2.05) is 0 Å². The molecule has 1 atom stereocenters. The van der Waals surface area contributed by atoms with Crippen LogP contribution in [-0.2, 0) is 19.9 Å². The summed E-state index contributed by atoms with van der Waals surface area (Å²) < 4.78 is 47.0. The molecule has 1 heterocycles. The lowest BCUT2D eigenvalue weighted by molar-refractivity contribution is -0.198. The van der Waals surface area contributed by atoms with E-state index < -0.39 is 54.1 Å². The first kappa shape index (κ1) is 24.6. The van der Waals surface area contributed by atoms with Crippen molar-refractivity contribution in [2.24, 2.45) is 0 Å². The molecular weight excluding hydrogens is 457 g/mol. The summed E-state index contributed by atoms with van der Waals surface area (Å²) in [5.41, 5.74) is -2.61. The van der Waals surface area contributed by atoms with Crippen molar-refractivity contribution in [3.8, 4) is 5.75 Å². The van der Waals surface area contributed by atoms with Crippen molar-refractivity contribution in [1.29, 1.82) is 0 Å². The third-order valence-electron chi connectivity index (χ3n) is 5.11. The summed E-state index contributed by atoms with van der Waals surface area (Å²) in [6, 6.07) is 9.82. The van der Waals surface area contributed by atoms with Crippen molar-refractivity contribution < 1.29 is 37.1 Å². The topological polar surface area (TPSA) is 117 Å². The van der Waals surface area contributed by atoms with E-state index in [4.69, 9.17) is 4.74 Å². The largest absolute Gasteiger partial charge is 0.495 e. The van der Waals surface area contributed by atoms with Gasteiger partial charge < -0.3 is 20.7 Å². The van der Waals surface area contributed by atoms with Crippen LogP contribution < -0.4 is 20.7 Å². The predicted molar refractivity (Wildman–Crippen MR) is 114 cm³/mol. The first-order valence-electron chi connectivity index (χ1n) is 9.97. The van der Waals surface area contributed by atoms with Crippen molar-refractivity contribution in [3.63, 3.8) is 0 Å². The third kappa shape index (κ3) is 4.65. The Morgan fingerprint density at radius 2 is 1.76 bits per heavy atom. The van der Waals surface area contributed by atoms with Gasteiger partial charge in [0.25, 0.3) is 5.91 Å². The third-order valence-corrected chi connectivity index (χ3v) is 5.11. The molecule has 0 bridgehead atoms. The van der Waals surface area contributed by atoms with E-state index in [2.05, 4.69) is 10.6 Å². The van der Waals surface area contributed by atoms with Gasteiger partial charge in [-0.1, -0.05) is 36.4 Å². The van der Waals surface area contributed by atoms with Crippen molar-refractivity contribution >= 4 is 29.4 Å².